The van der Waals surface area contributed by atoms with Crippen LogP contribution in [-0.4, -0.2) is 47.6 Å². The number of hydrogen-bond acceptors (Lipinski definition) is 6. The van der Waals surface area contributed by atoms with E-state index in [1.807, 2.05) is 24.3 Å². The molecule has 0 radical (unpaired) electrons. The van der Waals surface area contributed by atoms with Gasteiger partial charge in [-0.15, -0.1) is 0 Å². The van der Waals surface area contributed by atoms with E-state index in [2.05, 4.69) is 22.6 Å². The molecule has 3 N–H and O–H groups in total. The second-order valence-electron chi connectivity index (χ2n) is 6.65. The maximum atomic E-state index is 13.0. The molecule has 2 aromatic rings. The number of piperidine rings is 1. The van der Waals surface area contributed by atoms with Gasteiger partial charge in [0.2, 0.25) is 10.0 Å². The van der Waals surface area contributed by atoms with E-state index >= 15 is 0 Å². The van der Waals surface area contributed by atoms with Crippen LogP contribution in [0.1, 0.15) is 18.4 Å². The van der Waals surface area contributed by atoms with Gasteiger partial charge in [-0.25, -0.2) is 13.9 Å². The summed E-state index contributed by atoms with van der Waals surface area (Å²) < 4.78 is 33.7. The van der Waals surface area contributed by atoms with Gasteiger partial charge in [-0.05, 0) is 65.8 Å². The van der Waals surface area contributed by atoms with Gasteiger partial charge in [-0.1, -0.05) is 18.2 Å². The molecule has 156 valence electrons. The van der Waals surface area contributed by atoms with Crippen LogP contribution in [0.4, 0.5) is 0 Å². The molecule has 0 aliphatic carbocycles. The first-order valence-corrected chi connectivity index (χ1v) is 11.4. The van der Waals surface area contributed by atoms with Crippen LogP contribution in [0.25, 0.3) is 0 Å². The van der Waals surface area contributed by atoms with E-state index in [0.29, 0.717) is 12.4 Å². The van der Waals surface area contributed by atoms with Crippen molar-refractivity contribution in [2.45, 2.75) is 36.5 Å². The number of aliphatic hydroxyl groups is 1. The summed E-state index contributed by atoms with van der Waals surface area (Å²) in [6.07, 6.45) is -0.484. The lowest BCUT2D eigenvalue weighted by Gasteiger charge is -2.35. The molecule has 0 bridgehead atoms. The Bertz CT molecular complexity index is 967. The minimum absolute atomic E-state index is 0.0241. The zero-order chi connectivity index (χ0) is 21.0. The van der Waals surface area contributed by atoms with Crippen molar-refractivity contribution in [2.24, 2.45) is 0 Å². The van der Waals surface area contributed by atoms with Crippen molar-refractivity contribution in [3.05, 3.63) is 57.7 Å². The van der Waals surface area contributed by atoms with Crippen LogP contribution in [0.2, 0.25) is 0 Å². The third kappa shape index (κ3) is 5.07. The lowest BCUT2D eigenvalue weighted by Crippen LogP contribution is -2.54. The molecule has 1 saturated heterocycles. The minimum Gasteiger partial charge on any atom is -0.489 e. The molecule has 29 heavy (non-hydrogen) atoms. The Hall–Kier alpha value is -1.73. The number of β-amino-alcohol motifs (C(OH)–C–C–N with tert-alkyl or cyclic N) is 1. The first kappa shape index (κ1) is 22.0. The zero-order valence-electron chi connectivity index (χ0n) is 15.4. The van der Waals surface area contributed by atoms with Crippen molar-refractivity contribution >= 4 is 38.5 Å². The molecule has 0 saturated carbocycles. The third-order valence-corrected chi connectivity index (χ3v) is 7.65. The van der Waals surface area contributed by atoms with E-state index in [4.69, 9.17) is 9.94 Å². The van der Waals surface area contributed by atoms with E-state index in [9.17, 15) is 18.3 Å². The summed E-state index contributed by atoms with van der Waals surface area (Å²) in [5.74, 6) is -0.315. The van der Waals surface area contributed by atoms with Gasteiger partial charge in [-0.3, -0.25) is 10.0 Å². The van der Waals surface area contributed by atoms with E-state index in [0.717, 1.165) is 13.4 Å². The number of nitrogens with zero attached hydrogens (tertiary/aromatic N) is 1. The molecular formula is C19H21IN2O6S. The smallest absolute Gasteiger partial charge is 0.261 e. The number of amides is 1. The molecule has 1 amide bonds. The van der Waals surface area contributed by atoms with Crippen LogP contribution in [0, 0.1) is 3.57 Å². The highest BCUT2D eigenvalue weighted by Crippen LogP contribution is 2.27. The predicted octanol–water partition coefficient (Wildman–Crippen LogP) is 1.89. The minimum atomic E-state index is -4.05. The summed E-state index contributed by atoms with van der Waals surface area (Å²) in [5.41, 5.74) is 2.52. The van der Waals surface area contributed by atoms with Gasteiger partial charge in [0.05, 0.1) is 11.0 Å². The summed E-state index contributed by atoms with van der Waals surface area (Å²) >= 11 is 2.22. The largest absolute Gasteiger partial charge is 0.489 e. The number of aliphatic hydroxyl groups excluding tert-OH is 1. The van der Waals surface area contributed by atoms with E-state index in [1.54, 1.807) is 12.1 Å². The Morgan fingerprint density at radius 1 is 1.17 bits per heavy atom. The predicted molar refractivity (Wildman–Crippen MR) is 113 cm³/mol. The van der Waals surface area contributed by atoms with Crippen molar-refractivity contribution in [1.82, 2.24) is 9.79 Å². The van der Waals surface area contributed by atoms with Crippen molar-refractivity contribution in [3.63, 3.8) is 0 Å². The van der Waals surface area contributed by atoms with Crippen molar-refractivity contribution in [3.8, 4) is 5.75 Å². The van der Waals surface area contributed by atoms with Gasteiger partial charge in [0, 0.05) is 15.7 Å². The highest BCUT2D eigenvalue weighted by molar-refractivity contribution is 14.1. The number of carbonyl (C=O) groups excluding carboxylic acids is 1. The first-order valence-electron chi connectivity index (χ1n) is 8.93. The standard InChI is InChI=1S/C19H21IN2O6S/c20-17-4-2-1-3-13(17)12-28-15-6-8-16(9-7-15)29(26,27)22-11-14(23)5-10-18(22)19(24)21-25/h1-4,6-9,14,18,23,25H,5,10-12H2,(H,21,24). The third-order valence-electron chi connectivity index (χ3n) is 4.71. The fourth-order valence-electron chi connectivity index (χ4n) is 3.14. The molecule has 2 atom stereocenters. The Labute approximate surface area is 182 Å². The number of carbonyl (C=O) groups is 1. The molecule has 1 fully saturated rings. The van der Waals surface area contributed by atoms with Crippen molar-refractivity contribution < 1.29 is 28.3 Å². The molecule has 10 heteroatoms. The molecule has 2 aromatic carbocycles. The van der Waals surface area contributed by atoms with Gasteiger partial charge >= 0.3 is 0 Å². The van der Waals surface area contributed by atoms with Gasteiger partial charge < -0.3 is 9.84 Å². The Balaban J connectivity index is 1.76. The van der Waals surface area contributed by atoms with Gasteiger partial charge in [0.15, 0.2) is 0 Å². The maximum absolute atomic E-state index is 13.0. The summed E-state index contributed by atoms with van der Waals surface area (Å²) in [5, 5.41) is 18.8. The van der Waals surface area contributed by atoms with Crippen LogP contribution in [0.5, 0.6) is 5.75 Å². The van der Waals surface area contributed by atoms with E-state index in [1.165, 1.54) is 17.6 Å². The van der Waals surface area contributed by atoms with E-state index in [-0.39, 0.29) is 24.3 Å². The number of nitrogens with one attached hydrogen (secondary N) is 1. The second kappa shape index (κ2) is 9.39. The van der Waals surface area contributed by atoms with Gasteiger partial charge in [-0.2, -0.15) is 4.31 Å². The fourth-order valence-corrected chi connectivity index (χ4v) is 5.34. The van der Waals surface area contributed by atoms with Gasteiger partial charge in [0.1, 0.15) is 18.4 Å². The quantitative estimate of drug-likeness (QED) is 0.298. The van der Waals surface area contributed by atoms with Crippen LogP contribution in [0.15, 0.2) is 53.4 Å². The number of ether oxygens (including phenoxy) is 1. The molecule has 2 unspecified atom stereocenters. The SMILES string of the molecule is O=C(NO)C1CCC(O)CN1S(=O)(=O)c1ccc(OCc2ccccc2I)cc1. The average Bonchev–Trinajstić information content (AvgIpc) is 2.73. The average molecular weight is 532 g/mol. The van der Waals surface area contributed by atoms with E-state index < -0.39 is 28.1 Å². The second-order valence-corrected chi connectivity index (χ2v) is 9.70. The summed E-state index contributed by atoms with van der Waals surface area (Å²) in [6, 6.07) is 12.6. The van der Waals surface area contributed by atoms with Gasteiger partial charge in [0.25, 0.3) is 5.91 Å². The highest BCUT2D eigenvalue weighted by atomic mass is 127. The molecule has 3 rings (SSSR count). The van der Waals surface area contributed by atoms with Crippen molar-refractivity contribution in [2.75, 3.05) is 6.54 Å². The summed E-state index contributed by atoms with van der Waals surface area (Å²) in [6.45, 7) is 0.132. The first-order chi connectivity index (χ1) is 13.8. The number of rotatable bonds is 6. The lowest BCUT2D eigenvalue weighted by atomic mass is 10.0. The van der Waals surface area contributed by atoms with Crippen LogP contribution >= 0.6 is 22.6 Å². The molecule has 0 spiro atoms. The number of halogens is 1. The zero-order valence-corrected chi connectivity index (χ0v) is 18.3. The Morgan fingerprint density at radius 3 is 2.52 bits per heavy atom. The number of sulfonamides is 1. The highest BCUT2D eigenvalue weighted by Gasteiger charge is 2.40. The fraction of sp³-hybridized carbons (Fsp3) is 0.316. The lowest BCUT2D eigenvalue weighted by molar-refractivity contribution is -0.135. The molecule has 1 aliphatic rings. The van der Waals surface area contributed by atoms with Crippen molar-refractivity contribution in [1.29, 1.82) is 0 Å². The summed E-state index contributed by atoms with van der Waals surface area (Å²) in [7, 11) is -4.05. The maximum Gasteiger partial charge on any atom is 0.261 e. The topological polar surface area (TPSA) is 116 Å². The molecule has 1 heterocycles. The molecule has 0 aromatic heterocycles. The molecule has 8 nitrogen and oxygen atoms in total. The Kier molecular flexibility index (Phi) is 7.11. The van der Waals surface area contributed by atoms with Crippen LogP contribution in [0.3, 0.4) is 0 Å². The summed E-state index contributed by atoms with van der Waals surface area (Å²) in [4.78, 5) is 11.9. The van der Waals surface area contributed by atoms with Crippen LogP contribution < -0.4 is 10.2 Å². The number of benzene rings is 2. The van der Waals surface area contributed by atoms with Crippen LogP contribution in [-0.2, 0) is 21.4 Å². The molecule has 1 aliphatic heterocycles. The monoisotopic (exact) mass is 532 g/mol. The number of hydrogen-bond donors (Lipinski definition) is 3. The molecular weight excluding hydrogens is 511 g/mol. The Morgan fingerprint density at radius 2 is 1.86 bits per heavy atom. The normalized spacial score (nSPS) is 20.2. The number of hydroxylamine groups is 1.